The molecule has 8 nitrogen and oxygen atoms in total. The maximum atomic E-state index is 12.5. The molecule has 154 valence electrons. The van der Waals surface area contributed by atoms with Gasteiger partial charge >= 0.3 is 0 Å². The second-order valence-electron chi connectivity index (χ2n) is 7.21. The van der Waals surface area contributed by atoms with Crippen molar-refractivity contribution < 1.29 is 9.59 Å². The molecule has 1 aliphatic rings. The van der Waals surface area contributed by atoms with Gasteiger partial charge in [0, 0.05) is 50.0 Å². The Morgan fingerprint density at radius 3 is 2.62 bits per heavy atom. The minimum Gasteiger partial charge on any atom is -0.368 e. The first-order valence-electron chi connectivity index (χ1n) is 9.94. The second-order valence-corrected chi connectivity index (χ2v) is 7.21. The van der Waals surface area contributed by atoms with Crippen LogP contribution in [0.15, 0.2) is 30.3 Å². The van der Waals surface area contributed by atoms with E-state index in [0.29, 0.717) is 31.4 Å². The molecule has 0 spiro atoms. The standard InChI is InChI=1S/C21H28N6O2/c1-4-22-21-25-15(3)11-18(26-21)23-9-10-24-20(29)16-12-19(28)27(13-16)17-7-5-14(2)6-8-17/h5-8,11,16H,4,9-10,12-13H2,1-3H3,(H,24,29)(H2,22,23,25,26). The van der Waals surface area contributed by atoms with Crippen molar-refractivity contribution in [1.82, 2.24) is 15.3 Å². The van der Waals surface area contributed by atoms with E-state index in [2.05, 4.69) is 25.9 Å². The maximum absolute atomic E-state index is 12.5. The Morgan fingerprint density at radius 2 is 1.90 bits per heavy atom. The molecule has 0 saturated carbocycles. The first kappa shape index (κ1) is 20.6. The Hall–Kier alpha value is -3.16. The van der Waals surface area contributed by atoms with E-state index in [1.54, 1.807) is 4.90 Å². The molecule has 29 heavy (non-hydrogen) atoms. The fourth-order valence-electron chi connectivity index (χ4n) is 3.27. The van der Waals surface area contributed by atoms with E-state index in [1.807, 2.05) is 51.1 Å². The maximum Gasteiger partial charge on any atom is 0.227 e. The normalized spacial score (nSPS) is 16.0. The number of anilines is 3. The fourth-order valence-corrected chi connectivity index (χ4v) is 3.27. The average Bonchev–Trinajstić information content (AvgIpc) is 3.07. The molecule has 8 heteroatoms. The van der Waals surface area contributed by atoms with Crippen LogP contribution in [0.25, 0.3) is 0 Å². The first-order valence-corrected chi connectivity index (χ1v) is 9.94. The summed E-state index contributed by atoms with van der Waals surface area (Å²) in [7, 11) is 0. The van der Waals surface area contributed by atoms with Crippen molar-refractivity contribution in [1.29, 1.82) is 0 Å². The number of benzene rings is 1. The minimum atomic E-state index is -0.328. The summed E-state index contributed by atoms with van der Waals surface area (Å²) in [5.41, 5.74) is 2.84. The molecule has 1 aromatic carbocycles. The average molecular weight is 396 g/mol. The molecule has 2 amide bonds. The lowest BCUT2D eigenvalue weighted by Crippen LogP contribution is -2.35. The van der Waals surface area contributed by atoms with Crippen LogP contribution in [0.4, 0.5) is 17.5 Å². The molecule has 0 bridgehead atoms. The third-order valence-electron chi connectivity index (χ3n) is 4.76. The number of carbonyl (C=O) groups is 2. The summed E-state index contributed by atoms with van der Waals surface area (Å²) < 4.78 is 0. The predicted octanol–water partition coefficient (Wildman–Crippen LogP) is 2.11. The van der Waals surface area contributed by atoms with Crippen LogP contribution in [-0.4, -0.2) is 48.0 Å². The minimum absolute atomic E-state index is 0.0143. The molecule has 0 aliphatic carbocycles. The molecule has 3 N–H and O–H groups in total. The number of nitrogens with one attached hydrogen (secondary N) is 3. The summed E-state index contributed by atoms with van der Waals surface area (Å²) >= 11 is 0. The molecule has 1 fully saturated rings. The third kappa shape index (κ3) is 5.43. The van der Waals surface area contributed by atoms with Crippen LogP contribution in [0, 0.1) is 19.8 Å². The molecular weight excluding hydrogens is 368 g/mol. The number of hydrogen-bond donors (Lipinski definition) is 3. The monoisotopic (exact) mass is 396 g/mol. The van der Waals surface area contributed by atoms with Gasteiger partial charge in [-0.3, -0.25) is 9.59 Å². The Balaban J connectivity index is 1.46. The van der Waals surface area contributed by atoms with E-state index in [1.165, 1.54) is 0 Å². The van der Waals surface area contributed by atoms with E-state index >= 15 is 0 Å². The molecule has 2 heterocycles. The van der Waals surface area contributed by atoms with Gasteiger partial charge in [0.2, 0.25) is 17.8 Å². The van der Waals surface area contributed by atoms with Crippen molar-refractivity contribution in [2.24, 2.45) is 5.92 Å². The molecule has 1 atom stereocenters. The lowest BCUT2D eigenvalue weighted by atomic mass is 10.1. The van der Waals surface area contributed by atoms with Gasteiger partial charge in [-0.25, -0.2) is 4.98 Å². The van der Waals surface area contributed by atoms with Gasteiger partial charge in [0.25, 0.3) is 0 Å². The topological polar surface area (TPSA) is 99.2 Å². The Kier molecular flexibility index (Phi) is 6.64. The van der Waals surface area contributed by atoms with Crippen molar-refractivity contribution in [3.05, 3.63) is 41.6 Å². The van der Waals surface area contributed by atoms with Gasteiger partial charge in [0.15, 0.2) is 0 Å². The lowest BCUT2D eigenvalue weighted by Gasteiger charge is -2.17. The molecule has 1 aliphatic heterocycles. The van der Waals surface area contributed by atoms with Crippen LogP contribution in [0.3, 0.4) is 0 Å². The van der Waals surface area contributed by atoms with Crippen LogP contribution >= 0.6 is 0 Å². The molecule has 1 aromatic heterocycles. The van der Waals surface area contributed by atoms with Gasteiger partial charge in [0.1, 0.15) is 5.82 Å². The number of aryl methyl sites for hydroxylation is 2. The third-order valence-corrected chi connectivity index (χ3v) is 4.76. The second kappa shape index (κ2) is 9.36. The highest BCUT2D eigenvalue weighted by Crippen LogP contribution is 2.25. The van der Waals surface area contributed by atoms with Gasteiger partial charge < -0.3 is 20.9 Å². The largest absolute Gasteiger partial charge is 0.368 e. The predicted molar refractivity (Wildman–Crippen MR) is 114 cm³/mol. The molecule has 0 radical (unpaired) electrons. The zero-order chi connectivity index (χ0) is 20.8. The van der Waals surface area contributed by atoms with Gasteiger partial charge in [-0.1, -0.05) is 17.7 Å². The quantitative estimate of drug-likeness (QED) is 0.591. The van der Waals surface area contributed by atoms with E-state index in [9.17, 15) is 9.59 Å². The number of carbonyl (C=O) groups excluding carboxylic acids is 2. The molecule has 2 aromatic rings. The summed E-state index contributed by atoms with van der Waals surface area (Å²) in [4.78, 5) is 35.2. The molecule has 1 unspecified atom stereocenters. The first-order chi connectivity index (χ1) is 14.0. The van der Waals surface area contributed by atoms with Crippen molar-refractivity contribution >= 4 is 29.3 Å². The van der Waals surface area contributed by atoms with Crippen LogP contribution in [-0.2, 0) is 9.59 Å². The Bertz CT molecular complexity index is 868. The number of rotatable bonds is 8. The summed E-state index contributed by atoms with van der Waals surface area (Å²) in [6.07, 6.45) is 0.240. The summed E-state index contributed by atoms with van der Waals surface area (Å²) in [6, 6.07) is 9.64. The van der Waals surface area contributed by atoms with E-state index in [0.717, 1.165) is 23.5 Å². The Morgan fingerprint density at radius 1 is 1.14 bits per heavy atom. The van der Waals surface area contributed by atoms with Crippen LogP contribution < -0.4 is 20.9 Å². The van der Waals surface area contributed by atoms with Crippen molar-refractivity contribution in [2.75, 3.05) is 41.7 Å². The van der Waals surface area contributed by atoms with Gasteiger partial charge in [-0.2, -0.15) is 4.98 Å². The van der Waals surface area contributed by atoms with Crippen LogP contribution in [0.2, 0.25) is 0 Å². The van der Waals surface area contributed by atoms with Crippen LogP contribution in [0.5, 0.6) is 0 Å². The summed E-state index contributed by atoms with van der Waals surface area (Å²) in [6.45, 7) is 8.05. The van der Waals surface area contributed by atoms with Gasteiger partial charge in [-0.15, -0.1) is 0 Å². The summed E-state index contributed by atoms with van der Waals surface area (Å²) in [5, 5.41) is 9.20. The highest BCUT2D eigenvalue weighted by Gasteiger charge is 2.34. The van der Waals surface area contributed by atoms with E-state index in [4.69, 9.17) is 0 Å². The summed E-state index contributed by atoms with van der Waals surface area (Å²) in [5.74, 6) is 0.857. The van der Waals surface area contributed by atoms with Gasteiger partial charge in [-0.05, 0) is 32.9 Å². The molecular formula is C21H28N6O2. The number of hydrogen-bond acceptors (Lipinski definition) is 6. The highest BCUT2D eigenvalue weighted by molar-refractivity contribution is 6.00. The Labute approximate surface area is 171 Å². The van der Waals surface area contributed by atoms with E-state index < -0.39 is 0 Å². The smallest absolute Gasteiger partial charge is 0.227 e. The fraction of sp³-hybridized carbons (Fsp3) is 0.429. The van der Waals surface area contributed by atoms with Crippen molar-refractivity contribution in [3.63, 3.8) is 0 Å². The SMILES string of the molecule is CCNc1nc(C)cc(NCCNC(=O)C2CC(=O)N(c3ccc(C)cc3)C2)n1. The number of nitrogens with zero attached hydrogens (tertiary/aromatic N) is 3. The van der Waals surface area contributed by atoms with Crippen LogP contribution in [0.1, 0.15) is 24.6 Å². The highest BCUT2D eigenvalue weighted by atomic mass is 16.2. The lowest BCUT2D eigenvalue weighted by molar-refractivity contribution is -0.126. The number of amides is 2. The van der Waals surface area contributed by atoms with E-state index in [-0.39, 0.29) is 24.2 Å². The zero-order valence-corrected chi connectivity index (χ0v) is 17.2. The zero-order valence-electron chi connectivity index (χ0n) is 17.2. The van der Waals surface area contributed by atoms with Crippen molar-refractivity contribution in [3.8, 4) is 0 Å². The number of aromatic nitrogens is 2. The molecule has 1 saturated heterocycles. The molecule has 3 rings (SSSR count). The van der Waals surface area contributed by atoms with Crippen molar-refractivity contribution in [2.45, 2.75) is 27.2 Å². The van der Waals surface area contributed by atoms with Gasteiger partial charge in [0.05, 0.1) is 5.92 Å².